The molecule has 0 atom stereocenters. The molecular weight excluding hydrogens is 402 g/mol. The van der Waals surface area contributed by atoms with E-state index >= 15 is 0 Å². The van der Waals surface area contributed by atoms with Gasteiger partial charge in [0, 0.05) is 0 Å². The SMILES string of the molecule is [Br][Dy]([Br])[Br]. The van der Waals surface area contributed by atoms with Crippen LogP contribution in [0, 0.1) is 23.4 Å². The van der Waals surface area contributed by atoms with Gasteiger partial charge in [0.25, 0.3) is 0 Å². The summed E-state index contributed by atoms with van der Waals surface area (Å²) in [4.78, 5) is 0. The molecule has 0 bridgehead atoms. The van der Waals surface area contributed by atoms with Crippen molar-refractivity contribution in [3.05, 3.63) is 0 Å². The van der Waals surface area contributed by atoms with Gasteiger partial charge in [-0.3, -0.25) is 0 Å². The molecule has 0 unspecified atom stereocenters. The van der Waals surface area contributed by atoms with Crippen LogP contribution in [-0.4, -0.2) is 0 Å². The predicted octanol–water partition coefficient (Wildman–Crippen LogP) is 2.54. The summed E-state index contributed by atoms with van der Waals surface area (Å²) in [6.07, 6.45) is 0. The van der Waals surface area contributed by atoms with Crippen molar-refractivity contribution in [1.82, 2.24) is 0 Å². The summed E-state index contributed by atoms with van der Waals surface area (Å²) in [5.74, 6) is 0. The molecule has 0 N–H and O–H groups in total. The van der Waals surface area contributed by atoms with Crippen LogP contribution in [0.4, 0.5) is 0 Å². The van der Waals surface area contributed by atoms with Gasteiger partial charge in [-0.1, -0.05) is 0 Å². The van der Waals surface area contributed by atoms with Crippen molar-refractivity contribution < 1.29 is 23.4 Å². The van der Waals surface area contributed by atoms with Gasteiger partial charge in [0.2, 0.25) is 0 Å². The molecule has 0 heterocycles. The Morgan fingerprint density at radius 2 is 1.00 bits per heavy atom. The molecule has 4 heavy (non-hydrogen) atoms. The molecule has 0 aliphatic rings. The molecule has 0 saturated carbocycles. The minimum atomic E-state index is -0.831. The predicted molar refractivity (Wildman–Crippen MR) is 26.8 cm³/mol. The Balaban J connectivity index is 2.32. The molecule has 0 saturated heterocycles. The summed E-state index contributed by atoms with van der Waals surface area (Å²) >= 11 is -0.831. The van der Waals surface area contributed by atoms with Crippen molar-refractivity contribution in [2.24, 2.45) is 0 Å². The topological polar surface area (TPSA) is 0 Å². The first kappa shape index (κ1) is 6.71. The molecule has 0 amide bonds. The average molecular weight is 402 g/mol. The van der Waals surface area contributed by atoms with Crippen LogP contribution in [0.25, 0.3) is 0 Å². The third-order valence-electron chi connectivity index (χ3n) is 0. The average Bonchev–Trinajstić information content (AvgIpc) is 0.811. The van der Waals surface area contributed by atoms with E-state index in [0.717, 1.165) is 0 Å². The van der Waals surface area contributed by atoms with E-state index in [1.165, 1.54) is 0 Å². The van der Waals surface area contributed by atoms with Gasteiger partial charge in [0.05, 0.1) is 0 Å². The van der Waals surface area contributed by atoms with Gasteiger partial charge >= 0.3 is 52.2 Å². The zero-order valence-corrected chi connectivity index (χ0v) is 8.24. The van der Waals surface area contributed by atoms with Crippen LogP contribution in [0.1, 0.15) is 0 Å². The Bertz CT molecular complexity index is 8.00. The van der Waals surface area contributed by atoms with Gasteiger partial charge < -0.3 is 0 Å². The van der Waals surface area contributed by atoms with Crippen molar-refractivity contribution in [2.45, 2.75) is 0 Å². The Morgan fingerprint density at radius 3 is 1.00 bits per heavy atom. The molecule has 0 aromatic carbocycles. The molecule has 0 spiro atoms. The monoisotopic (exact) mass is 401 g/mol. The molecule has 0 nitrogen and oxygen atoms in total. The first-order valence-corrected chi connectivity index (χ1v) is 13.8. The number of hydrogen-bond acceptors (Lipinski definition) is 0. The Kier molecular flexibility index (Phi) is 6.52. The third-order valence-corrected chi connectivity index (χ3v) is 0. The molecule has 31 valence electrons. The zero-order chi connectivity index (χ0) is 3.58. The molecule has 0 rings (SSSR count). The summed E-state index contributed by atoms with van der Waals surface area (Å²) in [5, 5.41) is 0. The molecule has 0 fully saturated rings. The van der Waals surface area contributed by atoms with Gasteiger partial charge in [-0.25, -0.2) is 0 Å². The molecule has 0 aromatic rings. The summed E-state index contributed by atoms with van der Waals surface area (Å²) < 4.78 is 0. The van der Waals surface area contributed by atoms with Crippen LogP contribution in [0.3, 0.4) is 0 Å². The molecule has 4 heteroatoms. The van der Waals surface area contributed by atoms with Crippen molar-refractivity contribution in [2.75, 3.05) is 0 Å². The van der Waals surface area contributed by atoms with Crippen LogP contribution < -0.4 is 0 Å². The molecular formula is Br3Dy. The van der Waals surface area contributed by atoms with Crippen LogP contribution in [0.2, 0.25) is 0 Å². The van der Waals surface area contributed by atoms with E-state index in [4.69, 9.17) is 0 Å². The minimum absolute atomic E-state index is 0.831. The standard InChI is InChI=1S/3BrH.Dy/h3*1H;/q;;;+3/p-3. The molecule has 0 radical (unpaired) electrons. The number of halogens is 3. The van der Waals surface area contributed by atoms with E-state index in [1.807, 2.05) is 0 Å². The van der Waals surface area contributed by atoms with Crippen LogP contribution in [-0.2, 0) is 0 Å². The Labute approximate surface area is 50.5 Å². The van der Waals surface area contributed by atoms with Gasteiger partial charge in [0.1, 0.15) is 0 Å². The fourth-order valence-corrected chi connectivity index (χ4v) is 0. The zero-order valence-electron chi connectivity index (χ0n) is 1.45. The summed E-state index contributed by atoms with van der Waals surface area (Å²) in [5.41, 5.74) is 0. The molecule has 0 aliphatic heterocycles. The Morgan fingerprint density at radius 1 is 1.00 bits per heavy atom. The van der Waals surface area contributed by atoms with Crippen molar-refractivity contribution in [1.29, 1.82) is 0 Å². The maximum absolute atomic E-state index is 3.26. The second kappa shape index (κ2) is 3.89. The quantitative estimate of drug-likeness (QED) is 0.585. The second-order valence-electron chi connectivity index (χ2n) is 0.136. The second-order valence-corrected chi connectivity index (χ2v) is 27.1. The first-order valence-electron chi connectivity index (χ1n) is 0.359. The van der Waals surface area contributed by atoms with Crippen LogP contribution in [0.5, 0.6) is 0 Å². The maximum atomic E-state index is 3.26. The third kappa shape index (κ3) is 8.83. The summed E-state index contributed by atoms with van der Waals surface area (Å²) in [6, 6.07) is 0. The van der Waals surface area contributed by atoms with Gasteiger partial charge in [-0.15, -0.1) is 0 Å². The molecule has 0 aliphatic carbocycles. The summed E-state index contributed by atoms with van der Waals surface area (Å²) in [6.45, 7) is 0. The van der Waals surface area contributed by atoms with Crippen LogP contribution in [0.15, 0.2) is 0 Å². The summed E-state index contributed by atoms with van der Waals surface area (Å²) in [7, 11) is 9.78. The number of rotatable bonds is 0. The van der Waals surface area contributed by atoms with E-state index in [1.54, 1.807) is 0 Å². The fraction of sp³-hybridized carbons (Fsp3) is 0. The van der Waals surface area contributed by atoms with Gasteiger partial charge in [0.15, 0.2) is 0 Å². The van der Waals surface area contributed by atoms with Crippen molar-refractivity contribution in [3.63, 3.8) is 0 Å². The van der Waals surface area contributed by atoms with Gasteiger partial charge in [-0.2, -0.15) is 0 Å². The fourth-order valence-electron chi connectivity index (χ4n) is 0. The van der Waals surface area contributed by atoms with Crippen molar-refractivity contribution in [3.8, 4) is 0 Å². The normalized spacial score (nSPS) is 11.2. The van der Waals surface area contributed by atoms with E-state index in [9.17, 15) is 0 Å². The Hall–Kier alpha value is 2.71. The van der Waals surface area contributed by atoms with Crippen LogP contribution >= 0.6 is 28.8 Å². The van der Waals surface area contributed by atoms with E-state index in [2.05, 4.69) is 28.8 Å². The van der Waals surface area contributed by atoms with Crippen molar-refractivity contribution >= 4 is 28.8 Å². The van der Waals surface area contributed by atoms with E-state index in [0.29, 0.717) is 0 Å². The van der Waals surface area contributed by atoms with E-state index in [-0.39, 0.29) is 0 Å². The van der Waals surface area contributed by atoms with Gasteiger partial charge in [-0.05, 0) is 0 Å². The van der Waals surface area contributed by atoms with E-state index < -0.39 is 23.4 Å². The first-order chi connectivity index (χ1) is 1.73. The molecule has 0 aromatic heterocycles. The number of hydrogen-bond donors (Lipinski definition) is 0.